The van der Waals surface area contributed by atoms with Gasteiger partial charge in [-0.3, -0.25) is 9.20 Å². The fraction of sp³-hybridized carbons (Fsp3) is 0.235. The van der Waals surface area contributed by atoms with E-state index in [1.54, 1.807) is 7.11 Å². The molecule has 1 aromatic carbocycles. The van der Waals surface area contributed by atoms with Crippen molar-refractivity contribution >= 4 is 23.3 Å². The van der Waals surface area contributed by atoms with E-state index in [-0.39, 0.29) is 11.2 Å². The summed E-state index contributed by atoms with van der Waals surface area (Å²) in [5.41, 5.74) is 1.71. The fourth-order valence-electron chi connectivity index (χ4n) is 2.29. The number of thioether (sulfide) groups is 1. The first-order chi connectivity index (χ1) is 11.7. The second-order valence-electron chi connectivity index (χ2n) is 5.20. The van der Waals surface area contributed by atoms with Gasteiger partial charge in [0, 0.05) is 18.3 Å². The number of carbonyl (C=O) groups is 1. The molecule has 1 amide bonds. The highest BCUT2D eigenvalue weighted by Gasteiger charge is 2.18. The van der Waals surface area contributed by atoms with Gasteiger partial charge in [0.25, 0.3) is 0 Å². The Hall–Kier alpha value is -2.54. The number of fused-ring (bicyclic) bond motifs is 1. The molecule has 0 aliphatic carbocycles. The van der Waals surface area contributed by atoms with Gasteiger partial charge in [0.2, 0.25) is 5.91 Å². The van der Waals surface area contributed by atoms with Crippen LogP contribution in [0.15, 0.2) is 53.8 Å². The summed E-state index contributed by atoms with van der Waals surface area (Å²) in [6.07, 6.45) is 1.89. The Kier molecular flexibility index (Phi) is 5.00. The third kappa shape index (κ3) is 3.51. The maximum absolute atomic E-state index is 12.3. The van der Waals surface area contributed by atoms with Crippen LogP contribution in [0.1, 0.15) is 12.5 Å². The van der Waals surface area contributed by atoms with Crippen molar-refractivity contribution in [2.24, 2.45) is 0 Å². The van der Waals surface area contributed by atoms with E-state index in [0.29, 0.717) is 11.7 Å². The van der Waals surface area contributed by atoms with E-state index >= 15 is 0 Å². The number of hydrogen-bond acceptors (Lipinski definition) is 5. The summed E-state index contributed by atoms with van der Waals surface area (Å²) < 4.78 is 7.16. The number of nitrogens with zero attached hydrogens (tertiary/aromatic N) is 3. The topological polar surface area (TPSA) is 68.5 Å². The minimum atomic E-state index is -0.285. The normalized spacial score (nSPS) is 12.1. The van der Waals surface area contributed by atoms with Crippen molar-refractivity contribution in [3.8, 4) is 5.75 Å². The van der Waals surface area contributed by atoms with Gasteiger partial charge < -0.3 is 10.1 Å². The second-order valence-corrected chi connectivity index (χ2v) is 6.51. The van der Waals surface area contributed by atoms with Crippen LogP contribution in [0, 0.1) is 0 Å². The fourth-order valence-corrected chi connectivity index (χ4v) is 3.15. The maximum Gasteiger partial charge on any atom is 0.233 e. The molecular weight excluding hydrogens is 324 g/mol. The summed E-state index contributed by atoms with van der Waals surface area (Å²) in [7, 11) is 1.62. The van der Waals surface area contributed by atoms with E-state index in [1.807, 2.05) is 60.0 Å². The van der Waals surface area contributed by atoms with Crippen LogP contribution in [-0.4, -0.2) is 32.9 Å². The van der Waals surface area contributed by atoms with Crippen molar-refractivity contribution < 1.29 is 9.53 Å². The number of ether oxygens (including phenoxy) is 1. The quantitative estimate of drug-likeness (QED) is 0.697. The number of benzene rings is 1. The molecule has 6 nitrogen and oxygen atoms in total. The predicted octanol–water partition coefficient (Wildman–Crippen LogP) is 2.53. The third-order valence-electron chi connectivity index (χ3n) is 3.58. The van der Waals surface area contributed by atoms with E-state index in [9.17, 15) is 4.79 Å². The molecule has 24 heavy (non-hydrogen) atoms. The molecule has 0 saturated carbocycles. The van der Waals surface area contributed by atoms with Gasteiger partial charge in [-0.1, -0.05) is 36.0 Å². The molecule has 124 valence electrons. The van der Waals surface area contributed by atoms with E-state index in [0.717, 1.165) is 17.0 Å². The largest absolute Gasteiger partial charge is 0.496 e. The average Bonchev–Trinajstić information content (AvgIpc) is 3.03. The predicted molar refractivity (Wildman–Crippen MR) is 93.1 cm³/mol. The van der Waals surface area contributed by atoms with Crippen LogP contribution in [0.4, 0.5) is 0 Å². The molecule has 3 rings (SSSR count). The van der Waals surface area contributed by atoms with Gasteiger partial charge in [-0.25, -0.2) is 0 Å². The van der Waals surface area contributed by atoms with Crippen LogP contribution in [-0.2, 0) is 11.3 Å². The molecule has 1 N–H and O–H groups in total. The first-order valence-corrected chi connectivity index (χ1v) is 8.43. The first kappa shape index (κ1) is 16.3. The molecule has 2 heterocycles. The number of rotatable bonds is 6. The maximum atomic E-state index is 12.3. The Balaban J connectivity index is 1.63. The molecule has 7 heteroatoms. The number of methoxy groups -OCH3 is 1. The number of para-hydroxylation sites is 1. The van der Waals surface area contributed by atoms with Crippen LogP contribution < -0.4 is 10.1 Å². The standard InChI is InChI=1S/C17H18N4O2S/c1-12(24-17-20-19-15-9-5-6-10-21(15)17)16(22)18-11-13-7-3-4-8-14(13)23-2/h3-10,12H,11H2,1-2H3,(H,18,22)/t12-/m1/s1. The molecule has 1 atom stereocenters. The highest BCUT2D eigenvalue weighted by Crippen LogP contribution is 2.22. The average molecular weight is 342 g/mol. The second kappa shape index (κ2) is 7.35. The summed E-state index contributed by atoms with van der Waals surface area (Å²) in [6.45, 7) is 2.28. The Labute approximate surface area is 144 Å². The molecule has 0 aliphatic heterocycles. The number of nitrogens with one attached hydrogen (secondary N) is 1. The van der Waals surface area contributed by atoms with Crippen LogP contribution in [0.5, 0.6) is 5.75 Å². The zero-order valence-corrected chi connectivity index (χ0v) is 14.3. The number of carbonyl (C=O) groups excluding carboxylic acids is 1. The third-order valence-corrected chi connectivity index (χ3v) is 4.64. The number of pyridine rings is 1. The van der Waals surface area contributed by atoms with Gasteiger partial charge in [-0.2, -0.15) is 0 Å². The zero-order chi connectivity index (χ0) is 16.9. The highest BCUT2D eigenvalue weighted by molar-refractivity contribution is 8.00. The van der Waals surface area contributed by atoms with Crippen LogP contribution >= 0.6 is 11.8 Å². The van der Waals surface area contributed by atoms with Gasteiger partial charge in [0.1, 0.15) is 5.75 Å². The minimum Gasteiger partial charge on any atom is -0.496 e. The van der Waals surface area contributed by atoms with Crippen molar-refractivity contribution in [3.63, 3.8) is 0 Å². The summed E-state index contributed by atoms with van der Waals surface area (Å²) in [5.74, 6) is 0.708. The van der Waals surface area contributed by atoms with Gasteiger partial charge in [-0.05, 0) is 25.1 Å². The van der Waals surface area contributed by atoms with Crippen molar-refractivity contribution in [2.75, 3.05) is 7.11 Å². The van der Waals surface area contributed by atoms with E-state index in [1.165, 1.54) is 11.8 Å². The molecule has 0 radical (unpaired) electrons. The van der Waals surface area contributed by atoms with Crippen molar-refractivity contribution in [2.45, 2.75) is 23.9 Å². The lowest BCUT2D eigenvalue weighted by Crippen LogP contribution is -2.30. The van der Waals surface area contributed by atoms with E-state index < -0.39 is 0 Å². The molecular formula is C17H18N4O2S. The summed E-state index contributed by atoms with van der Waals surface area (Å²) in [5, 5.41) is 11.6. The lowest BCUT2D eigenvalue weighted by atomic mass is 10.2. The van der Waals surface area contributed by atoms with Crippen molar-refractivity contribution in [1.82, 2.24) is 19.9 Å². The number of aromatic nitrogens is 3. The van der Waals surface area contributed by atoms with Crippen molar-refractivity contribution in [1.29, 1.82) is 0 Å². The lowest BCUT2D eigenvalue weighted by Gasteiger charge is -2.12. The van der Waals surface area contributed by atoms with Gasteiger partial charge in [0.15, 0.2) is 10.8 Å². The summed E-state index contributed by atoms with van der Waals surface area (Å²) in [6, 6.07) is 13.3. The SMILES string of the molecule is COc1ccccc1CNC(=O)[C@@H](C)Sc1nnc2ccccn12. The molecule has 0 saturated heterocycles. The van der Waals surface area contributed by atoms with Crippen molar-refractivity contribution in [3.05, 3.63) is 54.2 Å². The van der Waals surface area contributed by atoms with Gasteiger partial charge in [0.05, 0.1) is 12.4 Å². The molecule has 0 aliphatic rings. The van der Waals surface area contributed by atoms with Crippen LogP contribution in [0.25, 0.3) is 5.65 Å². The lowest BCUT2D eigenvalue weighted by molar-refractivity contribution is -0.120. The first-order valence-electron chi connectivity index (χ1n) is 7.55. The molecule has 0 unspecified atom stereocenters. The van der Waals surface area contributed by atoms with E-state index in [4.69, 9.17) is 4.74 Å². The minimum absolute atomic E-state index is 0.0569. The molecule has 0 spiro atoms. The zero-order valence-electron chi connectivity index (χ0n) is 13.5. The van der Waals surface area contributed by atoms with Crippen LogP contribution in [0.2, 0.25) is 0 Å². The number of hydrogen-bond donors (Lipinski definition) is 1. The summed E-state index contributed by atoms with van der Waals surface area (Å²) >= 11 is 1.38. The van der Waals surface area contributed by atoms with Crippen LogP contribution in [0.3, 0.4) is 0 Å². The Morgan fingerprint density at radius 3 is 2.88 bits per heavy atom. The van der Waals surface area contributed by atoms with Gasteiger partial charge in [-0.15, -0.1) is 10.2 Å². The number of amides is 1. The Morgan fingerprint density at radius 1 is 1.25 bits per heavy atom. The van der Waals surface area contributed by atoms with E-state index in [2.05, 4.69) is 15.5 Å². The molecule has 0 fully saturated rings. The molecule has 2 aromatic heterocycles. The molecule has 3 aromatic rings. The smallest absolute Gasteiger partial charge is 0.233 e. The Morgan fingerprint density at radius 2 is 2.04 bits per heavy atom. The van der Waals surface area contributed by atoms with Gasteiger partial charge >= 0.3 is 0 Å². The summed E-state index contributed by atoms with van der Waals surface area (Å²) in [4.78, 5) is 12.3. The molecule has 0 bridgehead atoms. The highest BCUT2D eigenvalue weighted by atomic mass is 32.2. The monoisotopic (exact) mass is 342 g/mol. The Bertz CT molecular complexity index is 849.